The number of nitrogen functional groups attached to an aromatic ring is 1. The van der Waals surface area contributed by atoms with Crippen molar-refractivity contribution in [3.8, 4) is 0 Å². The number of carbonyl (C=O) groups is 1. The van der Waals surface area contributed by atoms with Gasteiger partial charge in [0, 0.05) is 11.9 Å². The number of unbranched alkanes of at least 4 members (excludes halogenated alkanes) is 2. The molecule has 1 amide bonds. The zero-order chi connectivity index (χ0) is 11.8. The fourth-order valence-corrected chi connectivity index (χ4v) is 2.27. The Morgan fingerprint density at radius 3 is 3.00 bits per heavy atom. The van der Waals surface area contributed by atoms with Gasteiger partial charge >= 0.3 is 0 Å². The first-order valence-corrected chi connectivity index (χ1v) is 7.49. The Balaban J connectivity index is 2.11. The minimum Gasteiger partial charge on any atom is -0.375 e. The van der Waals surface area contributed by atoms with E-state index in [9.17, 15) is 4.79 Å². The molecule has 0 radical (unpaired) electrons. The summed E-state index contributed by atoms with van der Waals surface area (Å²) in [5.41, 5.74) is 5.87. The van der Waals surface area contributed by atoms with Crippen molar-refractivity contribution >= 4 is 34.1 Å². The molecule has 0 bridgehead atoms. The number of nitrogens with one attached hydrogen (secondary N) is 1. The zero-order valence-corrected chi connectivity index (χ0v) is 11.0. The maximum absolute atomic E-state index is 11.5. The van der Waals surface area contributed by atoms with E-state index in [-0.39, 0.29) is 5.91 Å². The van der Waals surface area contributed by atoms with E-state index in [1.54, 1.807) is 5.38 Å². The van der Waals surface area contributed by atoms with Gasteiger partial charge in [-0.3, -0.25) is 4.79 Å². The summed E-state index contributed by atoms with van der Waals surface area (Å²) in [6.45, 7) is 0.713. The van der Waals surface area contributed by atoms with E-state index in [0.717, 1.165) is 12.8 Å². The van der Waals surface area contributed by atoms with E-state index in [1.165, 1.54) is 23.5 Å². The van der Waals surface area contributed by atoms with Crippen LogP contribution in [0.4, 0.5) is 5.13 Å². The highest BCUT2D eigenvalue weighted by molar-refractivity contribution is 7.98. The lowest BCUT2D eigenvalue weighted by Gasteiger charge is -2.02. The van der Waals surface area contributed by atoms with Crippen molar-refractivity contribution in [3.63, 3.8) is 0 Å². The first-order valence-electron chi connectivity index (χ1n) is 5.22. The summed E-state index contributed by atoms with van der Waals surface area (Å²) in [6, 6.07) is 0. The van der Waals surface area contributed by atoms with Crippen LogP contribution in [0, 0.1) is 0 Å². The summed E-state index contributed by atoms with van der Waals surface area (Å²) in [5.74, 6) is 1.06. The fourth-order valence-electron chi connectivity index (χ4n) is 1.23. The van der Waals surface area contributed by atoms with Crippen molar-refractivity contribution in [1.82, 2.24) is 10.3 Å². The number of anilines is 1. The number of hydrogen-bond donors (Lipinski definition) is 2. The SMILES string of the molecule is CSCCCCCNC(=O)c1csc(N)n1. The average Bonchev–Trinajstić information content (AvgIpc) is 2.70. The molecule has 0 spiro atoms. The molecule has 6 heteroatoms. The van der Waals surface area contributed by atoms with Gasteiger partial charge in [0.2, 0.25) is 0 Å². The molecule has 0 saturated carbocycles. The highest BCUT2D eigenvalue weighted by Gasteiger charge is 2.07. The third kappa shape index (κ3) is 4.85. The molecular formula is C10H17N3OS2. The maximum Gasteiger partial charge on any atom is 0.270 e. The second kappa shape index (κ2) is 7.51. The molecular weight excluding hydrogens is 242 g/mol. The molecule has 1 heterocycles. The Morgan fingerprint density at radius 1 is 1.56 bits per heavy atom. The smallest absolute Gasteiger partial charge is 0.270 e. The van der Waals surface area contributed by atoms with Crippen LogP contribution in [0.15, 0.2) is 5.38 Å². The van der Waals surface area contributed by atoms with Gasteiger partial charge in [0.25, 0.3) is 5.91 Å². The van der Waals surface area contributed by atoms with Crippen molar-refractivity contribution in [2.45, 2.75) is 19.3 Å². The van der Waals surface area contributed by atoms with Crippen molar-refractivity contribution in [2.75, 3.05) is 24.3 Å². The summed E-state index contributed by atoms with van der Waals surface area (Å²) in [6.07, 6.45) is 5.49. The Labute approximate surface area is 104 Å². The Bertz CT molecular complexity index is 328. The summed E-state index contributed by atoms with van der Waals surface area (Å²) >= 11 is 3.14. The summed E-state index contributed by atoms with van der Waals surface area (Å²) < 4.78 is 0. The van der Waals surface area contributed by atoms with Gasteiger partial charge in [-0.25, -0.2) is 4.98 Å². The van der Waals surface area contributed by atoms with Crippen LogP contribution in [-0.2, 0) is 0 Å². The second-order valence-corrected chi connectivity index (χ2v) is 5.26. The molecule has 0 atom stereocenters. The number of carbonyl (C=O) groups excluding carboxylic acids is 1. The normalized spacial score (nSPS) is 10.3. The molecule has 16 heavy (non-hydrogen) atoms. The van der Waals surface area contributed by atoms with Gasteiger partial charge in [-0.2, -0.15) is 11.8 Å². The van der Waals surface area contributed by atoms with E-state index >= 15 is 0 Å². The topological polar surface area (TPSA) is 68.0 Å². The maximum atomic E-state index is 11.5. The monoisotopic (exact) mass is 259 g/mol. The van der Waals surface area contributed by atoms with E-state index in [4.69, 9.17) is 5.73 Å². The van der Waals surface area contributed by atoms with Crippen LogP contribution in [0.5, 0.6) is 0 Å². The fraction of sp³-hybridized carbons (Fsp3) is 0.600. The Morgan fingerprint density at radius 2 is 2.38 bits per heavy atom. The minimum atomic E-state index is -0.127. The number of thioether (sulfide) groups is 1. The number of rotatable bonds is 7. The third-order valence-corrected chi connectivity index (χ3v) is 3.44. The quantitative estimate of drug-likeness (QED) is 0.735. The number of nitrogens with two attached hydrogens (primary N) is 1. The van der Waals surface area contributed by atoms with Gasteiger partial charge < -0.3 is 11.1 Å². The van der Waals surface area contributed by atoms with Crippen LogP contribution < -0.4 is 11.1 Å². The Kier molecular flexibility index (Phi) is 6.25. The number of amides is 1. The molecule has 0 unspecified atom stereocenters. The van der Waals surface area contributed by atoms with Crippen LogP contribution in [0.2, 0.25) is 0 Å². The van der Waals surface area contributed by atoms with Crippen LogP contribution in [0.1, 0.15) is 29.8 Å². The first-order chi connectivity index (χ1) is 7.74. The van der Waals surface area contributed by atoms with Crippen LogP contribution in [0.3, 0.4) is 0 Å². The number of nitrogens with zero attached hydrogens (tertiary/aromatic N) is 1. The lowest BCUT2D eigenvalue weighted by atomic mass is 10.2. The number of thiazole rings is 1. The highest BCUT2D eigenvalue weighted by atomic mass is 32.2. The summed E-state index contributed by atoms with van der Waals surface area (Å²) in [7, 11) is 0. The van der Waals surface area contributed by atoms with E-state index < -0.39 is 0 Å². The molecule has 0 saturated heterocycles. The lowest BCUT2D eigenvalue weighted by molar-refractivity contribution is 0.0949. The van der Waals surface area contributed by atoms with Gasteiger partial charge in [-0.05, 0) is 24.9 Å². The van der Waals surface area contributed by atoms with Crippen LogP contribution in [-0.4, -0.2) is 29.4 Å². The van der Waals surface area contributed by atoms with Crippen LogP contribution in [0.25, 0.3) is 0 Å². The van der Waals surface area contributed by atoms with Crippen molar-refractivity contribution in [2.24, 2.45) is 0 Å². The second-order valence-electron chi connectivity index (χ2n) is 3.38. The Hall–Kier alpha value is -0.750. The van der Waals surface area contributed by atoms with Crippen molar-refractivity contribution < 1.29 is 4.79 Å². The van der Waals surface area contributed by atoms with Gasteiger partial charge in [0.05, 0.1) is 0 Å². The number of aromatic nitrogens is 1. The lowest BCUT2D eigenvalue weighted by Crippen LogP contribution is -2.24. The van der Waals surface area contributed by atoms with E-state index in [2.05, 4.69) is 16.6 Å². The summed E-state index contributed by atoms with van der Waals surface area (Å²) in [5, 5.41) is 4.95. The van der Waals surface area contributed by atoms with Crippen LogP contribution >= 0.6 is 23.1 Å². The summed E-state index contributed by atoms with van der Waals surface area (Å²) in [4.78, 5) is 15.4. The zero-order valence-electron chi connectivity index (χ0n) is 9.36. The molecule has 4 nitrogen and oxygen atoms in total. The molecule has 1 aromatic rings. The molecule has 0 aliphatic heterocycles. The molecule has 90 valence electrons. The molecule has 0 aliphatic carbocycles. The first kappa shape index (κ1) is 13.3. The largest absolute Gasteiger partial charge is 0.375 e. The third-order valence-electron chi connectivity index (χ3n) is 2.07. The predicted molar refractivity (Wildman–Crippen MR) is 71.1 cm³/mol. The van der Waals surface area contributed by atoms with Gasteiger partial charge in [0.15, 0.2) is 5.13 Å². The minimum absolute atomic E-state index is 0.127. The van der Waals surface area contributed by atoms with Gasteiger partial charge in [-0.15, -0.1) is 11.3 Å². The molecule has 0 fully saturated rings. The molecule has 1 rings (SSSR count). The van der Waals surface area contributed by atoms with Gasteiger partial charge in [-0.1, -0.05) is 6.42 Å². The van der Waals surface area contributed by atoms with Crippen molar-refractivity contribution in [1.29, 1.82) is 0 Å². The van der Waals surface area contributed by atoms with E-state index in [1.807, 2.05) is 11.8 Å². The standard InChI is InChI=1S/C10H17N3OS2/c1-15-6-4-2-3-5-12-9(14)8-7-16-10(11)13-8/h7H,2-6H2,1H3,(H2,11,13)(H,12,14). The predicted octanol–water partition coefficient (Wildman–Crippen LogP) is 1.99. The number of hydrogen-bond acceptors (Lipinski definition) is 5. The molecule has 0 aromatic carbocycles. The molecule has 0 aliphatic rings. The molecule has 3 N–H and O–H groups in total. The van der Waals surface area contributed by atoms with Gasteiger partial charge in [0.1, 0.15) is 5.69 Å². The van der Waals surface area contributed by atoms with E-state index in [0.29, 0.717) is 17.4 Å². The highest BCUT2D eigenvalue weighted by Crippen LogP contribution is 2.10. The average molecular weight is 259 g/mol. The van der Waals surface area contributed by atoms with Crippen molar-refractivity contribution in [3.05, 3.63) is 11.1 Å². The molecule has 1 aromatic heterocycles.